The first-order valence-corrected chi connectivity index (χ1v) is 11.7. The molecule has 1 N–H and O–H groups in total. The van der Waals surface area contributed by atoms with Gasteiger partial charge in [-0.1, -0.05) is 29.8 Å². The molecule has 0 saturated heterocycles. The maximum absolute atomic E-state index is 14.1. The Balaban J connectivity index is 1.52. The van der Waals surface area contributed by atoms with E-state index in [1.54, 1.807) is 18.2 Å². The van der Waals surface area contributed by atoms with Gasteiger partial charge in [0.1, 0.15) is 18.1 Å². The summed E-state index contributed by atoms with van der Waals surface area (Å²) >= 11 is 5.78. The van der Waals surface area contributed by atoms with Crippen molar-refractivity contribution in [2.75, 3.05) is 13.7 Å². The molecule has 2 aromatic carbocycles. The van der Waals surface area contributed by atoms with E-state index in [0.29, 0.717) is 10.9 Å². The van der Waals surface area contributed by atoms with Gasteiger partial charge in [0.2, 0.25) is 11.8 Å². The predicted octanol–water partition coefficient (Wildman–Crippen LogP) is 3.13. The summed E-state index contributed by atoms with van der Waals surface area (Å²) in [5.41, 5.74) is 0.887. The van der Waals surface area contributed by atoms with Crippen LogP contribution in [0, 0.1) is 5.82 Å². The standard InChI is InChI=1S/C25H24ClFN4O5/c1-14(32)24-22-17(25(35)36-2)6-4-8-19(22)31(29-24)13-21(34)30(16-9-10-16)12-20(33)28-11-15-5-3-7-18(26)23(15)27/h3-8,16H,9-13H2,1-2H3,(H,28,33). The Morgan fingerprint density at radius 2 is 1.92 bits per heavy atom. The molecule has 4 rings (SSSR count). The number of methoxy groups -OCH3 is 1. The van der Waals surface area contributed by atoms with E-state index in [1.165, 1.54) is 41.8 Å². The highest BCUT2D eigenvalue weighted by molar-refractivity contribution is 6.30. The zero-order chi connectivity index (χ0) is 26.0. The molecule has 0 radical (unpaired) electrons. The van der Waals surface area contributed by atoms with E-state index in [1.807, 2.05) is 0 Å². The molecule has 3 aromatic rings. The molecule has 11 heteroatoms. The first kappa shape index (κ1) is 25.3. The summed E-state index contributed by atoms with van der Waals surface area (Å²) in [6.45, 7) is 0.810. The van der Waals surface area contributed by atoms with Gasteiger partial charge in [-0.3, -0.25) is 19.1 Å². The van der Waals surface area contributed by atoms with Crippen LogP contribution in [0.25, 0.3) is 10.9 Å². The van der Waals surface area contributed by atoms with Gasteiger partial charge in [0.05, 0.1) is 29.8 Å². The van der Waals surface area contributed by atoms with E-state index in [0.717, 1.165) is 12.8 Å². The van der Waals surface area contributed by atoms with E-state index >= 15 is 0 Å². The van der Waals surface area contributed by atoms with Gasteiger partial charge in [-0.2, -0.15) is 5.10 Å². The predicted molar refractivity (Wildman–Crippen MR) is 129 cm³/mol. The smallest absolute Gasteiger partial charge is 0.338 e. The number of esters is 1. The fourth-order valence-electron chi connectivity index (χ4n) is 3.99. The normalized spacial score (nSPS) is 12.9. The van der Waals surface area contributed by atoms with Crippen LogP contribution < -0.4 is 5.32 Å². The number of aromatic nitrogens is 2. The van der Waals surface area contributed by atoms with E-state index in [9.17, 15) is 23.6 Å². The molecule has 1 fully saturated rings. The van der Waals surface area contributed by atoms with E-state index in [2.05, 4.69) is 10.4 Å². The number of nitrogens with zero attached hydrogens (tertiary/aromatic N) is 3. The Morgan fingerprint density at radius 1 is 1.19 bits per heavy atom. The number of carbonyl (C=O) groups is 4. The number of halogens is 2. The maximum Gasteiger partial charge on any atom is 0.338 e. The SMILES string of the molecule is COC(=O)c1cccc2c1c(C(C)=O)nn2CC(=O)N(CC(=O)NCc1cccc(Cl)c1F)C1CC1. The third-order valence-corrected chi connectivity index (χ3v) is 6.22. The number of carbonyl (C=O) groups excluding carboxylic acids is 4. The average molecular weight is 515 g/mol. The molecule has 1 saturated carbocycles. The number of rotatable bonds is 9. The molecule has 0 unspecified atom stereocenters. The molecule has 0 aliphatic heterocycles. The van der Waals surface area contributed by atoms with Gasteiger partial charge in [0, 0.05) is 30.5 Å². The molecule has 0 bridgehead atoms. The van der Waals surface area contributed by atoms with Gasteiger partial charge in [-0.15, -0.1) is 0 Å². The van der Waals surface area contributed by atoms with Gasteiger partial charge in [0.25, 0.3) is 0 Å². The van der Waals surface area contributed by atoms with Crippen molar-refractivity contribution in [3.8, 4) is 0 Å². The molecule has 0 atom stereocenters. The molecule has 1 heterocycles. The van der Waals surface area contributed by atoms with Gasteiger partial charge >= 0.3 is 5.97 Å². The molecule has 1 aliphatic carbocycles. The number of ketones is 1. The molecule has 36 heavy (non-hydrogen) atoms. The summed E-state index contributed by atoms with van der Waals surface area (Å²) < 4.78 is 20.3. The minimum absolute atomic E-state index is 0.0386. The van der Waals surface area contributed by atoms with Crippen molar-refractivity contribution in [3.63, 3.8) is 0 Å². The topological polar surface area (TPSA) is 111 Å². The van der Waals surface area contributed by atoms with Crippen LogP contribution in [0.3, 0.4) is 0 Å². The summed E-state index contributed by atoms with van der Waals surface area (Å²) in [7, 11) is 1.24. The minimum atomic E-state index is -0.624. The van der Waals surface area contributed by atoms with Crippen molar-refractivity contribution in [3.05, 3.63) is 64.1 Å². The second-order valence-electron chi connectivity index (χ2n) is 8.50. The van der Waals surface area contributed by atoms with E-state index < -0.39 is 17.7 Å². The molecule has 188 valence electrons. The quantitative estimate of drug-likeness (QED) is 0.347. The largest absolute Gasteiger partial charge is 0.465 e. The highest BCUT2D eigenvalue weighted by Gasteiger charge is 2.34. The van der Waals surface area contributed by atoms with Crippen LogP contribution in [0.1, 0.15) is 46.2 Å². The summed E-state index contributed by atoms with van der Waals surface area (Å²) in [5, 5.41) is 7.19. The second kappa shape index (κ2) is 10.4. The second-order valence-corrected chi connectivity index (χ2v) is 8.90. The van der Waals surface area contributed by atoms with Gasteiger partial charge < -0.3 is 15.0 Å². The first-order chi connectivity index (χ1) is 17.2. The van der Waals surface area contributed by atoms with Crippen LogP contribution in [0.2, 0.25) is 5.02 Å². The molecular formula is C25H24ClFN4O5. The molecule has 2 amide bonds. The zero-order valence-corrected chi connectivity index (χ0v) is 20.5. The van der Waals surface area contributed by atoms with Gasteiger partial charge in [0.15, 0.2) is 5.78 Å². The number of hydrogen-bond donors (Lipinski definition) is 1. The van der Waals surface area contributed by atoms with E-state index in [-0.39, 0.29) is 59.2 Å². The Morgan fingerprint density at radius 3 is 2.58 bits per heavy atom. The number of ether oxygens (including phenoxy) is 1. The lowest BCUT2D eigenvalue weighted by atomic mass is 10.1. The Labute approximate surface area is 211 Å². The number of nitrogens with one attached hydrogen (secondary N) is 1. The first-order valence-electron chi connectivity index (χ1n) is 11.3. The van der Waals surface area contributed by atoms with Gasteiger partial charge in [-0.25, -0.2) is 9.18 Å². The Bertz CT molecular complexity index is 1370. The van der Waals surface area contributed by atoms with Crippen LogP contribution >= 0.6 is 11.6 Å². The molecule has 1 aromatic heterocycles. The minimum Gasteiger partial charge on any atom is -0.465 e. The summed E-state index contributed by atoms with van der Waals surface area (Å²) in [6.07, 6.45) is 1.51. The Hall–Kier alpha value is -3.79. The highest BCUT2D eigenvalue weighted by Crippen LogP contribution is 2.28. The maximum atomic E-state index is 14.1. The molecule has 0 spiro atoms. The molecule has 9 nitrogen and oxygen atoms in total. The zero-order valence-electron chi connectivity index (χ0n) is 19.7. The summed E-state index contributed by atoms with van der Waals surface area (Å²) in [4.78, 5) is 51.8. The number of hydrogen-bond acceptors (Lipinski definition) is 6. The van der Waals surface area contributed by atoms with Crippen LogP contribution in [-0.4, -0.2) is 57.9 Å². The van der Waals surface area contributed by atoms with Crippen LogP contribution in [0.5, 0.6) is 0 Å². The van der Waals surface area contributed by atoms with Crippen LogP contribution in [0.15, 0.2) is 36.4 Å². The van der Waals surface area contributed by atoms with Crippen molar-refractivity contribution in [1.82, 2.24) is 20.0 Å². The lowest BCUT2D eigenvalue weighted by molar-refractivity contribution is -0.137. The Kier molecular flexibility index (Phi) is 7.35. The summed E-state index contributed by atoms with van der Waals surface area (Å²) in [6, 6.07) is 9.22. The summed E-state index contributed by atoms with van der Waals surface area (Å²) in [5.74, 6) is -2.41. The van der Waals surface area contributed by atoms with Crippen LogP contribution in [0.4, 0.5) is 4.39 Å². The highest BCUT2D eigenvalue weighted by atomic mass is 35.5. The number of Topliss-reactive ketones (excluding diaryl/α,β-unsaturated/α-hetero) is 1. The van der Waals surface area contributed by atoms with Crippen molar-refractivity contribution in [2.24, 2.45) is 0 Å². The van der Waals surface area contributed by atoms with Crippen LogP contribution in [-0.2, 0) is 27.4 Å². The van der Waals surface area contributed by atoms with Crippen molar-refractivity contribution >= 4 is 46.1 Å². The van der Waals surface area contributed by atoms with Gasteiger partial charge in [-0.05, 0) is 31.0 Å². The number of fused-ring (bicyclic) bond motifs is 1. The lowest BCUT2D eigenvalue weighted by Gasteiger charge is -2.22. The fraction of sp³-hybridized carbons (Fsp3) is 0.320. The lowest BCUT2D eigenvalue weighted by Crippen LogP contribution is -2.43. The molecular weight excluding hydrogens is 491 g/mol. The van der Waals surface area contributed by atoms with Crippen molar-refractivity contribution in [1.29, 1.82) is 0 Å². The fourth-order valence-corrected chi connectivity index (χ4v) is 4.19. The molecule has 1 aliphatic rings. The number of amides is 2. The van der Waals surface area contributed by atoms with E-state index in [4.69, 9.17) is 16.3 Å². The third-order valence-electron chi connectivity index (χ3n) is 5.93. The van der Waals surface area contributed by atoms with Crippen molar-refractivity contribution in [2.45, 2.75) is 38.9 Å². The monoisotopic (exact) mass is 514 g/mol. The number of benzene rings is 2. The third kappa shape index (κ3) is 5.23. The average Bonchev–Trinajstić information content (AvgIpc) is 3.63. The van der Waals surface area contributed by atoms with Crippen molar-refractivity contribution < 1.29 is 28.3 Å².